The summed E-state index contributed by atoms with van der Waals surface area (Å²) in [5.41, 5.74) is 1.57. The van der Waals surface area contributed by atoms with Crippen LogP contribution < -0.4 is 10.6 Å². The molecule has 0 amide bonds. The van der Waals surface area contributed by atoms with Crippen molar-refractivity contribution in [2.75, 3.05) is 19.6 Å². The average Bonchev–Trinajstić information content (AvgIpc) is 3.19. The van der Waals surface area contributed by atoms with Crippen LogP contribution in [0, 0.1) is 0 Å². The van der Waals surface area contributed by atoms with Crippen LogP contribution >= 0.6 is 39.9 Å². The predicted molar refractivity (Wildman–Crippen MR) is 117 cm³/mol. The lowest BCUT2D eigenvalue weighted by molar-refractivity contribution is 0.596. The maximum Gasteiger partial charge on any atom is 0.191 e. The van der Waals surface area contributed by atoms with Gasteiger partial charge in [-0.15, -0.1) is 24.0 Å². The third-order valence-electron chi connectivity index (χ3n) is 4.38. The van der Waals surface area contributed by atoms with Crippen LogP contribution in [0.15, 0.2) is 52.2 Å². The van der Waals surface area contributed by atoms with Crippen molar-refractivity contribution in [3.8, 4) is 0 Å². The molecular weight excluding hydrogens is 493 g/mol. The van der Waals surface area contributed by atoms with Crippen molar-refractivity contribution >= 4 is 45.9 Å². The van der Waals surface area contributed by atoms with E-state index in [2.05, 4.69) is 62.9 Å². The van der Waals surface area contributed by atoms with Gasteiger partial charge in [0.25, 0.3) is 0 Å². The van der Waals surface area contributed by atoms with Crippen LogP contribution in [0.4, 0.5) is 0 Å². The largest absolute Gasteiger partial charge is 0.357 e. The first-order chi connectivity index (χ1) is 11.7. The first-order valence-electron chi connectivity index (χ1n) is 8.48. The lowest BCUT2D eigenvalue weighted by Crippen LogP contribution is -2.39. The molecule has 1 aromatic carbocycles. The van der Waals surface area contributed by atoms with Gasteiger partial charge in [0.2, 0.25) is 0 Å². The molecule has 1 fully saturated rings. The van der Waals surface area contributed by atoms with Gasteiger partial charge in [-0.25, -0.2) is 0 Å². The summed E-state index contributed by atoms with van der Waals surface area (Å²) in [5.74, 6) is 0.878. The van der Waals surface area contributed by atoms with E-state index in [9.17, 15) is 0 Å². The van der Waals surface area contributed by atoms with E-state index in [1.165, 1.54) is 22.9 Å². The maximum absolute atomic E-state index is 4.83. The van der Waals surface area contributed by atoms with Crippen molar-refractivity contribution in [2.45, 2.75) is 31.7 Å². The molecule has 0 radical (unpaired) electrons. The second-order valence-corrected chi connectivity index (χ2v) is 7.01. The molecule has 1 aliphatic rings. The Bertz CT molecular complexity index is 683. The molecule has 0 atom stereocenters. The number of guanidine groups is 1. The summed E-state index contributed by atoms with van der Waals surface area (Å²) in [4.78, 5) is 4.83. The molecule has 5 nitrogen and oxygen atoms in total. The number of benzene rings is 1. The lowest BCUT2D eigenvalue weighted by Gasteiger charge is -2.17. The van der Waals surface area contributed by atoms with Gasteiger partial charge >= 0.3 is 0 Å². The molecule has 1 saturated carbocycles. The van der Waals surface area contributed by atoms with Crippen LogP contribution in [0.3, 0.4) is 0 Å². The topological polar surface area (TPSA) is 54.2 Å². The third-order valence-corrected chi connectivity index (χ3v) is 5.07. The van der Waals surface area contributed by atoms with E-state index < -0.39 is 0 Å². The Hall–Kier alpha value is -1.09. The normalized spacial score (nSPS) is 15.4. The molecule has 3 rings (SSSR count). The Morgan fingerprint density at radius 2 is 2.08 bits per heavy atom. The van der Waals surface area contributed by atoms with E-state index in [1.54, 1.807) is 6.20 Å². The van der Waals surface area contributed by atoms with Gasteiger partial charge in [0.1, 0.15) is 0 Å². The standard InChI is InChI=1S/C18H24BrN5.HI/c1-2-20-17(21-11-13-24-12-5-10-23-24)22-14-18(8-9-18)15-6-3-4-7-16(15)19;/h3-7,10,12H,2,8-9,11,13-14H2,1H3,(H2,20,21,22);1H. The van der Waals surface area contributed by atoms with Crippen LogP contribution in [0.25, 0.3) is 0 Å². The zero-order valence-electron chi connectivity index (χ0n) is 14.4. The highest BCUT2D eigenvalue weighted by molar-refractivity contribution is 14.0. The Labute approximate surface area is 174 Å². The zero-order chi connectivity index (χ0) is 16.8. The molecule has 25 heavy (non-hydrogen) atoms. The van der Waals surface area contributed by atoms with Crippen molar-refractivity contribution in [1.82, 2.24) is 20.4 Å². The fraction of sp³-hybridized carbons (Fsp3) is 0.444. The average molecular weight is 518 g/mol. The van der Waals surface area contributed by atoms with Gasteiger partial charge in [-0.2, -0.15) is 5.10 Å². The van der Waals surface area contributed by atoms with E-state index in [4.69, 9.17) is 4.99 Å². The number of hydrogen-bond donors (Lipinski definition) is 2. The second-order valence-electron chi connectivity index (χ2n) is 6.15. The number of aromatic nitrogens is 2. The quantitative estimate of drug-likeness (QED) is 0.335. The van der Waals surface area contributed by atoms with Gasteiger partial charge in [-0.05, 0) is 37.5 Å². The van der Waals surface area contributed by atoms with Gasteiger partial charge in [-0.1, -0.05) is 34.1 Å². The smallest absolute Gasteiger partial charge is 0.191 e. The third kappa shape index (κ3) is 5.44. The Balaban J connectivity index is 0.00000225. The summed E-state index contributed by atoms with van der Waals surface area (Å²) in [7, 11) is 0. The Morgan fingerprint density at radius 1 is 1.28 bits per heavy atom. The fourth-order valence-corrected chi connectivity index (χ4v) is 3.55. The highest BCUT2D eigenvalue weighted by Crippen LogP contribution is 2.50. The maximum atomic E-state index is 4.83. The number of nitrogens with zero attached hydrogens (tertiary/aromatic N) is 3. The van der Waals surface area contributed by atoms with Gasteiger partial charge in [0.15, 0.2) is 5.96 Å². The number of nitrogens with one attached hydrogen (secondary N) is 2. The summed E-state index contributed by atoms with van der Waals surface area (Å²) in [6, 6.07) is 10.4. The van der Waals surface area contributed by atoms with Gasteiger partial charge in [0, 0.05) is 35.4 Å². The molecule has 0 unspecified atom stereocenters. The first-order valence-corrected chi connectivity index (χ1v) is 9.27. The summed E-state index contributed by atoms with van der Waals surface area (Å²) < 4.78 is 3.11. The van der Waals surface area contributed by atoms with E-state index in [1.807, 2.05) is 16.9 Å². The molecule has 0 saturated heterocycles. The van der Waals surface area contributed by atoms with Crippen molar-refractivity contribution < 1.29 is 0 Å². The fourth-order valence-electron chi connectivity index (χ4n) is 2.85. The monoisotopic (exact) mass is 517 g/mol. The van der Waals surface area contributed by atoms with E-state index in [0.717, 1.165) is 32.1 Å². The summed E-state index contributed by atoms with van der Waals surface area (Å²) >= 11 is 3.68. The molecular formula is C18H25BrIN5. The van der Waals surface area contributed by atoms with E-state index in [-0.39, 0.29) is 29.4 Å². The van der Waals surface area contributed by atoms with Crippen LogP contribution in [0.1, 0.15) is 25.3 Å². The molecule has 7 heteroatoms. The minimum Gasteiger partial charge on any atom is -0.357 e. The predicted octanol–water partition coefficient (Wildman–Crippen LogP) is 3.55. The van der Waals surface area contributed by atoms with E-state index in [0.29, 0.717) is 0 Å². The SMILES string of the molecule is CCNC(=NCC1(c2ccccc2Br)CC1)NCCn1cccn1.I. The minimum absolute atomic E-state index is 0. The number of aliphatic imine (C=N–C) groups is 1. The van der Waals surface area contributed by atoms with Crippen molar-refractivity contribution in [3.63, 3.8) is 0 Å². The molecule has 1 heterocycles. The van der Waals surface area contributed by atoms with Crippen LogP contribution in [0.5, 0.6) is 0 Å². The van der Waals surface area contributed by atoms with Crippen LogP contribution in [-0.4, -0.2) is 35.4 Å². The van der Waals surface area contributed by atoms with Crippen LogP contribution in [-0.2, 0) is 12.0 Å². The Morgan fingerprint density at radius 3 is 2.72 bits per heavy atom. The number of hydrogen-bond acceptors (Lipinski definition) is 2. The molecule has 136 valence electrons. The molecule has 0 spiro atoms. The van der Waals surface area contributed by atoms with Crippen LogP contribution in [0.2, 0.25) is 0 Å². The molecule has 2 aromatic rings. The second kappa shape index (κ2) is 9.56. The molecule has 1 aromatic heterocycles. The summed E-state index contributed by atoms with van der Waals surface area (Å²) in [5, 5.41) is 10.9. The minimum atomic E-state index is 0. The number of halogens is 2. The summed E-state index contributed by atoms with van der Waals surface area (Å²) in [6.07, 6.45) is 6.17. The van der Waals surface area contributed by atoms with Crippen molar-refractivity contribution in [1.29, 1.82) is 0 Å². The summed E-state index contributed by atoms with van der Waals surface area (Å²) in [6.45, 7) is 5.38. The molecule has 0 bridgehead atoms. The highest BCUT2D eigenvalue weighted by Gasteiger charge is 2.45. The van der Waals surface area contributed by atoms with Crippen molar-refractivity contribution in [3.05, 3.63) is 52.8 Å². The van der Waals surface area contributed by atoms with Gasteiger partial charge < -0.3 is 10.6 Å². The molecule has 2 N–H and O–H groups in total. The first kappa shape index (κ1) is 20.2. The number of rotatable bonds is 7. The molecule has 0 aliphatic heterocycles. The highest BCUT2D eigenvalue weighted by atomic mass is 127. The van der Waals surface area contributed by atoms with Gasteiger partial charge in [0.05, 0.1) is 13.1 Å². The lowest BCUT2D eigenvalue weighted by atomic mass is 9.96. The zero-order valence-corrected chi connectivity index (χ0v) is 18.3. The van der Waals surface area contributed by atoms with Crippen molar-refractivity contribution in [2.24, 2.45) is 4.99 Å². The van der Waals surface area contributed by atoms with E-state index >= 15 is 0 Å². The Kier molecular flexibility index (Phi) is 7.74. The van der Waals surface area contributed by atoms with Gasteiger partial charge in [-0.3, -0.25) is 9.67 Å². The molecule has 1 aliphatic carbocycles.